The monoisotopic (exact) mass is 315 g/mol. The molecule has 0 saturated heterocycles. The number of rotatable bonds is 4. The Morgan fingerprint density at radius 2 is 2.00 bits per heavy atom. The van der Waals surface area contributed by atoms with Crippen LogP contribution in [0.25, 0.3) is 0 Å². The first-order valence-electron chi connectivity index (χ1n) is 7.71. The highest BCUT2D eigenvalue weighted by Gasteiger charge is 2.34. The summed E-state index contributed by atoms with van der Waals surface area (Å²) in [7, 11) is 0. The van der Waals surface area contributed by atoms with Gasteiger partial charge in [-0.1, -0.05) is 6.92 Å². The van der Waals surface area contributed by atoms with Crippen LogP contribution in [0, 0.1) is 13.8 Å². The molecule has 1 aliphatic rings. The van der Waals surface area contributed by atoms with E-state index < -0.39 is 5.79 Å². The third-order valence-corrected chi connectivity index (χ3v) is 3.92. The van der Waals surface area contributed by atoms with Crippen molar-refractivity contribution in [3.8, 4) is 11.5 Å². The summed E-state index contributed by atoms with van der Waals surface area (Å²) in [5.74, 6) is 0.590. The van der Waals surface area contributed by atoms with Crippen LogP contribution in [0.3, 0.4) is 0 Å². The quantitative estimate of drug-likeness (QED) is 0.942. The Hall–Kier alpha value is -2.50. The smallest absolute Gasteiger partial charge is 0.248 e. The van der Waals surface area contributed by atoms with E-state index in [2.05, 4.69) is 10.4 Å². The van der Waals surface area contributed by atoms with Crippen molar-refractivity contribution in [3.63, 3.8) is 0 Å². The molecule has 2 aromatic rings. The molecule has 3 rings (SSSR count). The van der Waals surface area contributed by atoms with E-state index in [0.29, 0.717) is 17.2 Å². The normalized spacial score (nSPS) is 19.0. The summed E-state index contributed by atoms with van der Waals surface area (Å²) < 4.78 is 13.3. The first kappa shape index (κ1) is 15.4. The minimum Gasteiger partial charge on any atom is -0.449 e. The largest absolute Gasteiger partial charge is 0.449 e. The number of fused-ring (bicyclic) bond motifs is 1. The highest BCUT2D eigenvalue weighted by atomic mass is 16.7. The van der Waals surface area contributed by atoms with E-state index in [1.165, 1.54) is 0 Å². The van der Waals surface area contributed by atoms with Gasteiger partial charge in [0.05, 0.1) is 5.69 Å². The van der Waals surface area contributed by atoms with Crippen LogP contribution in [0.5, 0.6) is 11.5 Å². The van der Waals surface area contributed by atoms with Crippen LogP contribution in [-0.2, 0) is 11.3 Å². The van der Waals surface area contributed by atoms with E-state index in [9.17, 15) is 4.79 Å². The molecule has 0 saturated carbocycles. The number of carbonyl (C=O) groups excluding carboxylic acids is 1. The van der Waals surface area contributed by atoms with Crippen LogP contribution in [0.1, 0.15) is 31.7 Å². The van der Waals surface area contributed by atoms with Crippen LogP contribution in [0.15, 0.2) is 24.3 Å². The van der Waals surface area contributed by atoms with Crippen LogP contribution in [0.4, 0.5) is 5.69 Å². The standard InChI is InChI=1S/C17H21N3O3/c1-5-17(4)22-14-7-6-13(9-15(14)23-17)18-16(21)10-20-12(3)8-11(2)19-20/h6-9H,5,10H2,1-4H3,(H,18,21)/t17-/m0/s1. The van der Waals surface area contributed by atoms with Gasteiger partial charge in [0.2, 0.25) is 11.7 Å². The van der Waals surface area contributed by atoms with Gasteiger partial charge in [0, 0.05) is 30.8 Å². The second kappa shape index (κ2) is 5.61. The minimum atomic E-state index is -0.630. The number of benzene rings is 1. The number of aryl methyl sites for hydroxylation is 2. The number of carbonyl (C=O) groups is 1. The van der Waals surface area contributed by atoms with Gasteiger partial charge in [-0.2, -0.15) is 5.10 Å². The number of amides is 1. The first-order valence-corrected chi connectivity index (χ1v) is 7.71. The van der Waals surface area contributed by atoms with Crippen molar-refractivity contribution in [2.24, 2.45) is 0 Å². The third kappa shape index (κ3) is 3.16. The van der Waals surface area contributed by atoms with Crippen LogP contribution in [-0.4, -0.2) is 21.5 Å². The fourth-order valence-corrected chi connectivity index (χ4v) is 2.55. The van der Waals surface area contributed by atoms with Gasteiger partial charge in [-0.3, -0.25) is 9.48 Å². The van der Waals surface area contributed by atoms with Crippen molar-refractivity contribution in [2.75, 3.05) is 5.32 Å². The number of hydrogen-bond acceptors (Lipinski definition) is 4. The van der Waals surface area contributed by atoms with Crippen molar-refractivity contribution in [3.05, 3.63) is 35.7 Å². The molecule has 0 radical (unpaired) electrons. The van der Waals surface area contributed by atoms with Gasteiger partial charge in [0.1, 0.15) is 6.54 Å². The van der Waals surface area contributed by atoms with Crippen LogP contribution in [0.2, 0.25) is 0 Å². The number of anilines is 1. The Bertz CT molecular complexity index is 754. The molecule has 6 heteroatoms. The molecule has 1 aromatic carbocycles. The van der Waals surface area contributed by atoms with E-state index in [-0.39, 0.29) is 12.5 Å². The van der Waals surface area contributed by atoms with Gasteiger partial charge in [-0.15, -0.1) is 0 Å². The Balaban J connectivity index is 1.69. The topological polar surface area (TPSA) is 65.4 Å². The fraction of sp³-hybridized carbons (Fsp3) is 0.412. The molecule has 23 heavy (non-hydrogen) atoms. The Kier molecular flexibility index (Phi) is 3.75. The Labute approximate surface area is 135 Å². The second-order valence-electron chi connectivity index (χ2n) is 5.99. The molecular weight excluding hydrogens is 294 g/mol. The number of ether oxygens (including phenoxy) is 2. The molecule has 1 amide bonds. The molecule has 1 atom stereocenters. The molecule has 1 N–H and O–H groups in total. The summed E-state index contributed by atoms with van der Waals surface area (Å²) >= 11 is 0. The van der Waals surface area contributed by atoms with Crippen molar-refractivity contribution in [1.82, 2.24) is 9.78 Å². The maximum absolute atomic E-state index is 12.2. The van der Waals surface area contributed by atoms with E-state index in [0.717, 1.165) is 17.8 Å². The lowest BCUT2D eigenvalue weighted by Crippen LogP contribution is -2.33. The predicted octanol–water partition coefficient (Wildman–Crippen LogP) is 3.04. The molecule has 2 heterocycles. The minimum absolute atomic E-state index is 0.131. The van der Waals surface area contributed by atoms with E-state index in [1.807, 2.05) is 45.9 Å². The van der Waals surface area contributed by atoms with Crippen molar-refractivity contribution >= 4 is 11.6 Å². The Morgan fingerprint density at radius 1 is 1.26 bits per heavy atom. The maximum Gasteiger partial charge on any atom is 0.248 e. The number of hydrogen-bond donors (Lipinski definition) is 1. The van der Waals surface area contributed by atoms with Gasteiger partial charge < -0.3 is 14.8 Å². The molecule has 1 aromatic heterocycles. The highest BCUT2D eigenvalue weighted by Crippen LogP contribution is 2.41. The maximum atomic E-state index is 12.2. The number of nitrogens with one attached hydrogen (secondary N) is 1. The van der Waals surface area contributed by atoms with Crippen molar-refractivity contribution in [2.45, 2.75) is 46.4 Å². The fourth-order valence-electron chi connectivity index (χ4n) is 2.55. The average molecular weight is 315 g/mol. The van der Waals surface area contributed by atoms with Gasteiger partial charge >= 0.3 is 0 Å². The molecule has 1 aliphatic heterocycles. The zero-order valence-corrected chi connectivity index (χ0v) is 13.8. The van der Waals surface area contributed by atoms with Crippen molar-refractivity contribution < 1.29 is 14.3 Å². The molecule has 0 spiro atoms. The molecule has 0 fully saturated rings. The predicted molar refractivity (Wildman–Crippen MR) is 86.7 cm³/mol. The molecule has 0 bridgehead atoms. The zero-order chi connectivity index (χ0) is 16.6. The van der Waals surface area contributed by atoms with Gasteiger partial charge in [0.15, 0.2) is 11.5 Å². The summed E-state index contributed by atoms with van der Waals surface area (Å²) in [5, 5.41) is 7.16. The molecule has 0 unspecified atom stereocenters. The SMILES string of the molecule is CC[C@@]1(C)Oc2ccc(NC(=O)Cn3nc(C)cc3C)cc2O1. The number of nitrogens with zero attached hydrogens (tertiary/aromatic N) is 2. The summed E-state index contributed by atoms with van der Waals surface area (Å²) in [6.07, 6.45) is 0.737. The van der Waals surface area contributed by atoms with E-state index in [4.69, 9.17) is 9.47 Å². The summed E-state index contributed by atoms with van der Waals surface area (Å²) in [6, 6.07) is 7.35. The zero-order valence-electron chi connectivity index (χ0n) is 13.8. The van der Waals surface area contributed by atoms with E-state index in [1.54, 1.807) is 10.7 Å². The van der Waals surface area contributed by atoms with E-state index >= 15 is 0 Å². The van der Waals surface area contributed by atoms with Gasteiger partial charge in [-0.25, -0.2) is 0 Å². The second-order valence-corrected chi connectivity index (χ2v) is 5.99. The lowest BCUT2D eigenvalue weighted by atomic mass is 10.2. The molecule has 6 nitrogen and oxygen atoms in total. The molecule has 122 valence electrons. The molecular formula is C17H21N3O3. The average Bonchev–Trinajstić information content (AvgIpc) is 2.98. The van der Waals surface area contributed by atoms with Crippen LogP contribution >= 0.6 is 0 Å². The van der Waals surface area contributed by atoms with Gasteiger partial charge in [-0.05, 0) is 32.0 Å². The summed E-state index contributed by atoms with van der Waals surface area (Å²) in [6.45, 7) is 7.92. The molecule has 0 aliphatic carbocycles. The Morgan fingerprint density at radius 3 is 2.65 bits per heavy atom. The van der Waals surface area contributed by atoms with Gasteiger partial charge in [0.25, 0.3) is 0 Å². The summed E-state index contributed by atoms with van der Waals surface area (Å²) in [5.41, 5.74) is 2.54. The lowest BCUT2D eigenvalue weighted by Gasteiger charge is -2.20. The highest BCUT2D eigenvalue weighted by molar-refractivity contribution is 5.91. The third-order valence-electron chi connectivity index (χ3n) is 3.92. The summed E-state index contributed by atoms with van der Waals surface area (Å²) in [4.78, 5) is 12.2. The lowest BCUT2D eigenvalue weighted by molar-refractivity contribution is -0.116. The number of aromatic nitrogens is 2. The first-order chi connectivity index (χ1) is 10.9. The van der Waals surface area contributed by atoms with Crippen LogP contribution < -0.4 is 14.8 Å². The van der Waals surface area contributed by atoms with Crippen molar-refractivity contribution in [1.29, 1.82) is 0 Å².